The van der Waals surface area contributed by atoms with Crippen LogP contribution in [0.15, 0.2) is 30.5 Å². The van der Waals surface area contributed by atoms with Gasteiger partial charge in [0.25, 0.3) is 0 Å². The van der Waals surface area contributed by atoms with Crippen LogP contribution >= 0.6 is 19.2 Å². The van der Waals surface area contributed by atoms with Gasteiger partial charge in [0, 0.05) is 6.04 Å². The van der Waals surface area contributed by atoms with E-state index in [0.29, 0.717) is 11.2 Å². The fraction of sp³-hybridized carbons (Fsp3) is 0.567. The predicted octanol–water partition coefficient (Wildman–Crippen LogP) is 4.82. The molecule has 1 aliphatic heterocycles. The van der Waals surface area contributed by atoms with Crippen LogP contribution in [-0.2, 0) is 42.0 Å². The van der Waals surface area contributed by atoms with Crippen molar-refractivity contribution in [2.45, 2.75) is 84.3 Å². The molecule has 1 aliphatic rings. The van der Waals surface area contributed by atoms with Gasteiger partial charge < -0.3 is 44.0 Å². The zero-order chi connectivity index (χ0) is 36.6. The maximum absolute atomic E-state index is 13.4. The molecule has 1 fully saturated rings. The molecule has 4 rings (SSSR count). The zero-order valence-electron chi connectivity index (χ0n) is 28.3. The van der Waals surface area contributed by atoms with E-state index >= 15 is 0 Å². The first-order chi connectivity index (χ1) is 23.7. The van der Waals surface area contributed by atoms with Crippen molar-refractivity contribution in [3.8, 4) is 0 Å². The summed E-state index contributed by atoms with van der Waals surface area (Å²) in [4.78, 5) is 32.0. The number of hydrogen-bond donors (Lipinski definition) is 3. The number of aliphatic hydroxyl groups is 2. The highest BCUT2D eigenvalue weighted by atomic mass is 35.5. The minimum atomic E-state index is -4.28. The van der Waals surface area contributed by atoms with Gasteiger partial charge in [-0.1, -0.05) is 29.8 Å². The van der Waals surface area contributed by atoms with Gasteiger partial charge in [-0.3, -0.25) is 13.6 Å². The van der Waals surface area contributed by atoms with Gasteiger partial charge in [-0.25, -0.2) is 14.3 Å². The number of carbonyl (C=O) groups excluding carboxylic acids is 2. The molecule has 3 heterocycles. The molecule has 50 heavy (non-hydrogen) atoms. The lowest BCUT2D eigenvalue weighted by atomic mass is 10.1. The van der Waals surface area contributed by atoms with Crippen LogP contribution in [0, 0.1) is 6.92 Å². The number of fused-ring (bicyclic) bond motifs is 1. The topological polar surface area (TPSA) is 221 Å². The molecule has 0 unspecified atom stereocenters. The minimum Gasteiger partial charge on any atom is -0.432 e. The monoisotopic (exact) mass is 745 g/mol. The van der Waals surface area contributed by atoms with E-state index in [-0.39, 0.29) is 17.0 Å². The fourth-order valence-electron chi connectivity index (χ4n) is 4.56. The normalized spacial score (nSPS) is 19.9. The molecule has 18 nitrogen and oxygen atoms in total. The molecule has 1 aromatic carbocycles. The third-order valence-corrected chi connectivity index (χ3v) is 8.65. The third-order valence-electron chi connectivity index (χ3n) is 6.98. The lowest BCUT2D eigenvalue weighted by molar-refractivity contribution is -0.0691. The highest BCUT2D eigenvalue weighted by Gasteiger charge is 2.45. The summed E-state index contributed by atoms with van der Waals surface area (Å²) in [5.41, 5.74) is 2.35. The van der Waals surface area contributed by atoms with Crippen molar-refractivity contribution in [1.29, 1.82) is 0 Å². The van der Waals surface area contributed by atoms with Gasteiger partial charge in [0.1, 0.15) is 30.5 Å². The first kappa shape index (κ1) is 39.2. The summed E-state index contributed by atoms with van der Waals surface area (Å²) in [6.45, 7) is 8.20. The summed E-state index contributed by atoms with van der Waals surface area (Å²) in [7, 11) is -4.28. The van der Waals surface area contributed by atoms with Crippen LogP contribution in [0.5, 0.6) is 0 Å². The number of aryl methyl sites for hydroxylation is 1. The predicted molar refractivity (Wildman–Crippen MR) is 175 cm³/mol. The zero-order valence-corrected chi connectivity index (χ0v) is 29.9. The summed E-state index contributed by atoms with van der Waals surface area (Å²) >= 11 is 6.27. The molecule has 0 amide bonds. The first-order valence-corrected chi connectivity index (χ1v) is 17.6. The van der Waals surface area contributed by atoms with E-state index in [9.17, 15) is 24.4 Å². The van der Waals surface area contributed by atoms with E-state index in [1.807, 2.05) is 38.1 Å². The van der Waals surface area contributed by atoms with E-state index in [4.69, 9.17) is 49.1 Å². The molecule has 0 saturated carbocycles. The maximum atomic E-state index is 13.4. The number of nitrogens with zero attached hydrogens (tertiary/aromatic N) is 4. The Morgan fingerprint density at radius 3 is 2.16 bits per heavy atom. The SMILES string of the molecule is Cc1ccc([C@H](C)Nc2nc(Cl)nc3c2cnn3[C@@H]2O[C@H](COCP(=O)(OCOC(=O)OC(C)C)OCOC(=O)OC(C)C)[C@@H](O)[C@H]2O)cc1. The van der Waals surface area contributed by atoms with Crippen molar-refractivity contribution in [2.75, 3.05) is 31.9 Å². The largest absolute Gasteiger partial charge is 0.510 e. The van der Waals surface area contributed by atoms with Gasteiger partial charge in [0.15, 0.2) is 11.9 Å². The van der Waals surface area contributed by atoms with Gasteiger partial charge in [0.05, 0.1) is 30.4 Å². The number of anilines is 1. The van der Waals surface area contributed by atoms with E-state index in [0.717, 1.165) is 11.1 Å². The van der Waals surface area contributed by atoms with Crippen molar-refractivity contribution in [3.05, 3.63) is 46.9 Å². The average Bonchev–Trinajstić information content (AvgIpc) is 3.56. The number of aliphatic hydroxyl groups excluding tert-OH is 2. The Labute approximate surface area is 292 Å². The van der Waals surface area contributed by atoms with Crippen LogP contribution in [0.2, 0.25) is 5.28 Å². The van der Waals surface area contributed by atoms with E-state index < -0.39 is 83.2 Å². The van der Waals surface area contributed by atoms with Gasteiger partial charge in [-0.2, -0.15) is 15.1 Å². The van der Waals surface area contributed by atoms with Gasteiger partial charge >= 0.3 is 19.9 Å². The second-order valence-electron chi connectivity index (χ2n) is 11.7. The van der Waals surface area contributed by atoms with Gasteiger partial charge in [-0.05, 0) is 58.7 Å². The summed E-state index contributed by atoms with van der Waals surface area (Å²) in [6.07, 6.45) is -7.81. The van der Waals surface area contributed by atoms with Crippen molar-refractivity contribution >= 4 is 48.4 Å². The summed E-state index contributed by atoms with van der Waals surface area (Å²) in [6, 6.07) is 7.83. The molecular weight excluding hydrogens is 705 g/mol. The third kappa shape index (κ3) is 10.7. The molecule has 0 spiro atoms. The number of nitrogens with one attached hydrogen (secondary N) is 1. The second-order valence-corrected chi connectivity index (χ2v) is 14.1. The van der Waals surface area contributed by atoms with Crippen LogP contribution in [0.1, 0.15) is 58.0 Å². The Balaban J connectivity index is 1.41. The Kier molecular flexibility index (Phi) is 13.8. The molecule has 0 radical (unpaired) electrons. The number of halogens is 1. The molecule has 0 aliphatic carbocycles. The molecule has 1 saturated heterocycles. The average molecular weight is 746 g/mol. The Hall–Kier alpha value is -3.61. The summed E-state index contributed by atoms with van der Waals surface area (Å²) in [5, 5.41) is 29.8. The van der Waals surface area contributed by atoms with E-state index in [2.05, 4.69) is 20.4 Å². The van der Waals surface area contributed by atoms with E-state index in [1.165, 1.54) is 10.9 Å². The molecule has 2 aromatic heterocycles. The number of benzene rings is 1. The molecule has 3 N–H and O–H groups in total. The van der Waals surface area contributed by atoms with Gasteiger partial charge in [0.2, 0.25) is 18.9 Å². The van der Waals surface area contributed by atoms with Crippen molar-refractivity contribution < 1.29 is 61.8 Å². The summed E-state index contributed by atoms with van der Waals surface area (Å²) < 4.78 is 55.4. The lowest BCUT2D eigenvalue weighted by Gasteiger charge is -2.20. The Bertz CT molecular complexity index is 1610. The number of rotatable bonds is 16. The minimum absolute atomic E-state index is 0.0931. The van der Waals surface area contributed by atoms with Crippen molar-refractivity contribution in [2.24, 2.45) is 0 Å². The standard InChI is InChI=1S/C30H41ClN5O13P/c1-16(2)47-29(39)43-13-45-50(41,46-14-44-30(40)48-17(3)4)15-42-12-22-23(37)24(38)27(49-22)36-26-21(11-32-36)25(34-28(31)35-26)33-19(6)20-9-7-18(5)8-10-20/h7-11,16-17,19,22-24,27,37-38H,12-15H2,1-6H3,(H,33,34,35)/t19-,22+,23+,24+,27+/m0/s1. The first-order valence-electron chi connectivity index (χ1n) is 15.5. The molecule has 20 heteroatoms. The van der Waals surface area contributed by atoms with Crippen LogP contribution in [0.4, 0.5) is 15.4 Å². The molecule has 3 aromatic rings. The van der Waals surface area contributed by atoms with Crippen molar-refractivity contribution in [1.82, 2.24) is 19.7 Å². The number of carbonyl (C=O) groups is 2. The molecular formula is C30H41ClN5O13P. The van der Waals surface area contributed by atoms with Crippen LogP contribution in [-0.4, -0.2) is 99.3 Å². The van der Waals surface area contributed by atoms with Crippen LogP contribution in [0.25, 0.3) is 11.0 Å². The molecule has 0 bridgehead atoms. The number of aromatic nitrogens is 4. The van der Waals surface area contributed by atoms with Gasteiger partial charge in [-0.15, -0.1) is 0 Å². The smallest absolute Gasteiger partial charge is 0.432 e. The summed E-state index contributed by atoms with van der Waals surface area (Å²) in [5.74, 6) is 0.394. The number of ether oxygens (including phenoxy) is 6. The molecule has 276 valence electrons. The Morgan fingerprint density at radius 2 is 1.58 bits per heavy atom. The fourth-order valence-corrected chi connectivity index (χ4v) is 5.71. The Morgan fingerprint density at radius 1 is 0.980 bits per heavy atom. The molecule has 5 atom stereocenters. The van der Waals surface area contributed by atoms with E-state index in [1.54, 1.807) is 27.7 Å². The van der Waals surface area contributed by atoms with Crippen molar-refractivity contribution in [3.63, 3.8) is 0 Å². The maximum Gasteiger partial charge on any atom is 0.510 e. The lowest BCUT2D eigenvalue weighted by Crippen LogP contribution is -2.34. The highest BCUT2D eigenvalue weighted by molar-refractivity contribution is 7.53. The highest BCUT2D eigenvalue weighted by Crippen LogP contribution is 2.48. The number of hydrogen-bond acceptors (Lipinski definition) is 17. The second kappa shape index (κ2) is 17.5. The van der Waals surface area contributed by atoms with Crippen LogP contribution in [0.3, 0.4) is 0 Å². The van der Waals surface area contributed by atoms with Crippen LogP contribution < -0.4 is 5.32 Å². The quantitative estimate of drug-likeness (QED) is 0.0774.